The molecular weight excluding hydrogens is 657 g/mol. The zero-order chi connectivity index (χ0) is 35.4. The summed E-state index contributed by atoms with van der Waals surface area (Å²) in [5.74, 6) is 0.399. The lowest BCUT2D eigenvalue weighted by atomic mass is 9.63. The van der Waals surface area contributed by atoms with Gasteiger partial charge in [-0.25, -0.2) is 0 Å². The van der Waals surface area contributed by atoms with Gasteiger partial charge < -0.3 is 9.47 Å². The fraction of sp³-hybridized carbons (Fsp3) is 0.0800. The molecule has 0 saturated carbocycles. The Morgan fingerprint density at radius 2 is 1.26 bits per heavy atom. The van der Waals surface area contributed by atoms with Gasteiger partial charge in [-0.05, 0) is 64.4 Å². The Kier molecular flexibility index (Phi) is 6.27. The van der Waals surface area contributed by atoms with Gasteiger partial charge in [0.2, 0.25) is 0 Å². The van der Waals surface area contributed by atoms with Crippen molar-refractivity contribution < 1.29 is 0 Å². The predicted octanol–water partition coefficient (Wildman–Crippen LogP) is 11.8. The Balaban J connectivity index is 1.04. The summed E-state index contributed by atoms with van der Waals surface area (Å²) in [6, 6.07) is 62.8. The Morgan fingerprint density at radius 1 is 0.537 bits per heavy atom. The number of aromatic nitrogens is 1. The van der Waals surface area contributed by atoms with Gasteiger partial charge in [0.15, 0.2) is 0 Å². The predicted molar refractivity (Wildman–Crippen MR) is 221 cm³/mol. The maximum atomic E-state index is 4.09. The molecule has 1 N–H and O–H groups in total. The standard InChI is InChI=1S/C50H36N4/c1-2-18-36(19-3-1)50-42-24-9-13-28-46(42)54(50)49(51-50)35-17-14-20-37(32-35)52-43-25-10-6-21-39(43)47-40-22-7-11-26-44(40)53(48(47)41-23-8-12-27-45(41)52)38-30-29-33-15-4-5-16-34(33)31-38/h1-32,42,46,49,51H. The highest BCUT2D eigenvalue weighted by Crippen LogP contribution is 2.61. The number of allylic oxidation sites excluding steroid dienone is 2. The number of para-hydroxylation sites is 3. The first-order chi connectivity index (χ1) is 26.8. The van der Waals surface area contributed by atoms with Gasteiger partial charge in [0.25, 0.3) is 0 Å². The van der Waals surface area contributed by atoms with Gasteiger partial charge >= 0.3 is 0 Å². The van der Waals surface area contributed by atoms with Crippen molar-refractivity contribution in [3.8, 4) is 28.1 Å². The summed E-state index contributed by atoms with van der Waals surface area (Å²) in [4.78, 5) is 5.16. The highest BCUT2D eigenvalue weighted by Gasteiger charge is 2.69. The highest BCUT2D eigenvalue weighted by molar-refractivity contribution is 6.13. The normalized spacial score (nSPS) is 22.0. The molecule has 0 radical (unpaired) electrons. The number of nitrogens with zero attached hydrogens (tertiary/aromatic N) is 3. The van der Waals surface area contributed by atoms with Gasteiger partial charge in [-0.3, -0.25) is 10.2 Å². The monoisotopic (exact) mass is 692 g/mol. The van der Waals surface area contributed by atoms with Crippen molar-refractivity contribution in [3.05, 3.63) is 205 Å². The fourth-order valence-electron chi connectivity index (χ4n) is 10.0. The molecule has 4 atom stereocenters. The van der Waals surface area contributed by atoms with Gasteiger partial charge in [0.05, 0.1) is 28.8 Å². The lowest BCUT2D eigenvalue weighted by Crippen LogP contribution is -2.86. The highest BCUT2D eigenvalue weighted by atomic mass is 15.6. The van der Waals surface area contributed by atoms with Crippen molar-refractivity contribution in [2.45, 2.75) is 17.9 Å². The van der Waals surface area contributed by atoms with Crippen LogP contribution in [0.1, 0.15) is 17.3 Å². The molecular formula is C50H36N4. The maximum Gasteiger partial charge on any atom is 0.109 e. The van der Waals surface area contributed by atoms with E-state index in [0.29, 0.717) is 12.0 Å². The molecule has 2 saturated heterocycles. The first-order valence-corrected chi connectivity index (χ1v) is 19.0. The number of rotatable bonds is 4. The van der Waals surface area contributed by atoms with Crippen molar-refractivity contribution >= 4 is 38.7 Å². The molecule has 0 amide bonds. The SMILES string of the molecule is C1=CC2C(C=C1)C1(c3ccccc3)NC(c3cccc(N4c5ccccc5-c5c(n(-c6ccc7ccccc7c6)c6ccccc56)-c5ccccc54)c3)N21. The minimum atomic E-state index is -0.194. The van der Waals surface area contributed by atoms with E-state index in [-0.39, 0.29) is 11.8 Å². The van der Waals surface area contributed by atoms with Crippen LogP contribution in [0.2, 0.25) is 0 Å². The van der Waals surface area contributed by atoms with Crippen molar-refractivity contribution in [3.63, 3.8) is 0 Å². The summed E-state index contributed by atoms with van der Waals surface area (Å²) in [5.41, 5.74) is 13.1. The number of benzene rings is 7. The number of hydrogen-bond donors (Lipinski definition) is 1. The zero-order valence-electron chi connectivity index (χ0n) is 29.5. The van der Waals surface area contributed by atoms with Crippen LogP contribution in [0.15, 0.2) is 194 Å². The Labute approximate surface area is 314 Å². The van der Waals surface area contributed by atoms with Crippen LogP contribution in [0.4, 0.5) is 17.1 Å². The minimum absolute atomic E-state index is 0.0958. The van der Waals surface area contributed by atoms with Crippen LogP contribution in [0.5, 0.6) is 0 Å². The minimum Gasteiger partial charge on any atom is -0.309 e. The average molecular weight is 693 g/mol. The third kappa shape index (κ3) is 3.99. The molecule has 1 aromatic heterocycles. The molecule has 0 spiro atoms. The summed E-state index contributed by atoms with van der Waals surface area (Å²) in [7, 11) is 0. The van der Waals surface area contributed by atoms with Gasteiger partial charge in [-0.1, -0.05) is 152 Å². The first-order valence-electron chi connectivity index (χ1n) is 19.0. The van der Waals surface area contributed by atoms with Crippen LogP contribution in [-0.2, 0) is 5.66 Å². The lowest BCUT2D eigenvalue weighted by molar-refractivity contribution is -0.262. The van der Waals surface area contributed by atoms with E-state index < -0.39 is 0 Å². The second-order valence-corrected chi connectivity index (χ2v) is 14.9. The van der Waals surface area contributed by atoms with E-state index in [1.165, 1.54) is 60.9 Å². The van der Waals surface area contributed by atoms with Gasteiger partial charge in [-0.2, -0.15) is 0 Å². The quantitative estimate of drug-likeness (QED) is 0.199. The second-order valence-electron chi connectivity index (χ2n) is 14.9. The van der Waals surface area contributed by atoms with Gasteiger partial charge in [0, 0.05) is 45.4 Å². The van der Waals surface area contributed by atoms with Crippen molar-refractivity contribution in [1.82, 2.24) is 14.8 Å². The Bertz CT molecular complexity index is 2860. The maximum absolute atomic E-state index is 4.09. The van der Waals surface area contributed by atoms with Crippen LogP contribution >= 0.6 is 0 Å². The topological polar surface area (TPSA) is 23.4 Å². The third-order valence-corrected chi connectivity index (χ3v) is 12.3. The van der Waals surface area contributed by atoms with Crippen molar-refractivity contribution in [2.75, 3.05) is 4.90 Å². The molecule has 4 heterocycles. The molecule has 12 rings (SSSR count). The Morgan fingerprint density at radius 3 is 2.15 bits per heavy atom. The molecule has 2 fully saturated rings. The zero-order valence-corrected chi connectivity index (χ0v) is 29.5. The number of nitrogens with one attached hydrogen (secondary N) is 1. The first kappa shape index (κ1) is 30.0. The molecule has 4 unspecified atom stereocenters. The van der Waals surface area contributed by atoms with E-state index in [2.05, 4.69) is 214 Å². The van der Waals surface area contributed by atoms with E-state index in [1.807, 2.05) is 0 Å². The van der Waals surface area contributed by atoms with Crippen LogP contribution in [0.25, 0.3) is 49.7 Å². The van der Waals surface area contributed by atoms with Crippen molar-refractivity contribution in [1.29, 1.82) is 0 Å². The fourth-order valence-corrected chi connectivity index (χ4v) is 10.0. The molecule has 4 nitrogen and oxygen atoms in total. The summed E-state index contributed by atoms with van der Waals surface area (Å²) >= 11 is 0. The Hall–Kier alpha value is -6.46. The van der Waals surface area contributed by atoms with E-state index in [1.54, 1.807) is 0 Å². The van der Waals surface area contributed by atoms with Crippen LogP contribution < -0.4 is 10.2 Å². The van der Waals surface area contributed by atoms with Crippen LogP contribution in [-0.4, -0.2) is 15.5 Å². The number of anilines is 3. The van der Waals surface area contributed by atoms with Crippen LogP contribution in [0.3, 0.4) is 0 Å². The molecule has 7 aromatic carbocycles. The molecule has 3 aliphatic heterocycles. The van der Waals surface area contributed by atoms with Crippen molar-refractivity contribution in [2.24, 2.45) is 5.92 Å². The van der Waals surface area contributed by atoms with Gasteiger partial charge in [0.1, 0.15) is 5.66 Å². The van der Waals surface area contributed by atoms with E-state index in [4.69, 9.17) is 0 Å². The molecule has 4 aliphatic rings. The second kappa shape index (κ2) is 11.3. The number of hydrogen-bond acceptors (Lipinski definition) is 3. The van der Waals surface area contributed by atoms with E-state index in [0.717, 1.165) is 17.1 Å². The summed E-state index contributed by atoms with van der Waals surface area (Å²) in [5, 5.41) is 7.82. The molecule has 256 valence electrons. The average Bonchev–Trinajstić information content (AvgIpc) is 3.50. The van der Waals surface area contributed by atoms with E-state index >= 15 is 0 Å². The number of fused-ring (bicyclic) bond motifs is 12. The molecule has 0 bridgehead atoms. The van der Waals surface area contributed by atoms with E-state index in [9.17, 15) is 0 Å². The molecule has 54 heavy (non-hydrogen) atoms. The molecule has 4 heteroatoms. The third-order valence-electron chi connectivity index (χ3n) is 12.3. The summed E-state index contributed by atoms with van der Waals surface area (Å²) < 4.78 is 2.49. The van der Waals surface area contributed by atoms with Crippen LogP contribution in [0, 0.1) is 5.92 Å². The summed E-state index contributed by atoms with van der Waals surface area (Å²) in [6.07, 6.45) is 9.26. The summed E-state index contributed by atoms with van der Waals surface area (Å²) in [6.45, 7) is 0. The molecule has 1 aliphatic carbocycles. The van der Waals surface area contributed by atoms with Gasteiger partial charge in [-0.15, -0.1) is 0 Å². The largest absolute Gasteiger partial charge is 0.309 e. The molecule has 8 aromatic rings. The smallest absolute Gasteiger partial charge is 0.109 e. The lowest BCUT2D eigenvalue weighted by Gasteiger charge is -2.74.